The van der Waals surface area contributed by atoms with Crippen LogP contribution in [0.5, 0.6) is 0 Å². The van der Waals surface area contributed by atoms with Gasteiger partial charge in [0.25, 0.3) is 0 Å². The maximum Gasteiger partial charge on any atom is 0.0907 e. The van der Waals surface area contributed by atoms with Crippen molar-refractivity contribution in [3.8, 4) is 0 Å². The average molecular weight is 220 g/mol. The predicted octanol–water partition coefficient (Wildman–Crippen LogP) is 3.45. The van der Waals surface area contributed by atoms with E-state index in [0.29, 0.717) is 0 Å². The molecule has 2 aromatic rings. The number of hydrogen-bond acceptors (Lipinski definition) is 3. The number of anilines is 1. The Balaban J connectivity index is 2.45. The number of nitrogens with zero attached hydrogens (tertiary/aromatic N) is 2. The Labute approximate surface area is 94.6 Å². The molecule has 0 atom stereocenters. The first kappa shape index (κ1) is 10.4. The van der Waals surface area contributed by atoms with Gasteiger partial charge in [-0.15, -0.1) is 11.3 Å². The van der Waals surface area contributed by atoms with Crippen LogP contribution in [-0.4, -0.2) is 18.1 Å². The summed E-state index contributed by atoms with van der Waals surface area (Å²) in [6.45, 7) is 8.54. The molecule has 1 heterocycles. The normalized spacial score (nSPS) is 10.9. The highest BCUT2D eigenvalue weighted by molar-refractivity contribution is 7.18. The fourth-order valence-electron chi connectivity index (χ4n) is 1.81. The molecule has 2 nitrogen and oxygen atoms in total. The maximum atomic E-state index is 4.47. The summed E-state index contributed by atoms with van der Waals surface area (Å²) in [6.07, 6.45) is 0. The SMILES string of the molecule is CCN(CC)c1ccc2nc(C)sc2c1. The number of fused-ring (bicyclic) bond motifs is 1. The van der Waals surface area contributed by atoms with Crippen molar-refractivity contribution in [2.45, 2.75) is 20.8 Å². The summed E-state index contributed by atoms with van der Waals surface area (Å²) in [5, 5.41) is 1.14. The van der Waals surface area contributed by atoms with E-state index in [-0.39, 0.29) is 0 Å². The second-order valence-electron chi connectivity index (χ2n) is 3.56. The summed E-state index contributed by atoms with van der Waals surface area (Å²) in [6, 6.07) is 6.52. The fourth-order valence-corrected chi connectivity index (χ4v) is 2.67. The molecule has 0 amide bonds. The second-order valence-corrected chi connectivity index (χ2v) is 4.79. The van der Waals surface area contributed by atoms with E-state index in [1.807, 2.05) is 0 Å². The van der Waals surface area contributed by atoms with E-state index in [1.54, 1.807) is 11.3 Å². The highest BCUT2D eigenvalue weighted by Gasteiger charge is 2.05. The molecule has 1 aromatic heterocycles. The number of aryl methyl sites for hydroxylation is 1. The summed E-state index contributed by atoms with van der Waals surface area (Å²) in [5.74, 6) is 0. The Hall–Kier alpha value is -1.09. The third kappa shape index (κ3) is 1.97. The molecule has 0 spiro atoms. The van der Waals surface area contributed by atoms with E-state index in [0.717, 1.165) is 23.6 Å². The van der Waals surface area contributed by atoms with Crippen LogP contribution in [0, 0.1) is 6.92 Å². The Bertz CT molecular complexity index is 458. The van der Waals surface area contributed by atoms with Crippen molar-refractivity contribution in [1.29, 1.82) is 0 Å². The molecule has 0 aliphatic heterocycles. The molecule has 0 saturated heterocycles. The smallest absolute Gasteiger partial charge is 0.0907 e. The molecule has 80 valence electrons. The molecule has 0 N–H and O–H groups in total. The van der Waals surface area contributed by atoms with Crippen LogP contribution in [0.4, 0.5) is 5.69 Å². The lowest BCUT2D eigenvalue weighted by Crippen LogP contribution is -2.21. The van der Waals surface area contributed by atoms with Gasteiger partial charge in [-0.05, 0) is 39.0 Å². The van der Waals surface area contributed by atoms with Gasteiger partial charge in [0, 0.05) is 18.8 Å². The molecule has 3 heteroatoms. The Kier molecular flexibility index (Phi) is 2.91. The van der Waals surface area contributed by atoms with Crippen molar-refractivity contribution in [2.75, 3.05) is 18.0 Å². The van der Waals surface area contributed by atoms with Crippen molar-refractivity contribution in [1.82, 2.24) is 4.98 Å². The molecule has 2 rings (SSSR count). The second kappa shape index (κ2) is 4.19. The van der Waals surface area contributed by atoms with E-state index >= 15 is 0 Å². The average Bonchev–Trinajstić information content (AvgIpc) is 2.59. The number of aromatic nitrogens is 1. The molecule has 1 aromatic carbocycles. The largest absolute Gasteiger partial charge is 0.372 e. The van der Waals surface area contributed by atoms with Gasteiger partial charge >= 0.3 is 0 Å². The quantitative estimate of drug-likeness (QED) is 0.787. The van der Waals surface area contributed by atoms with Crippen molar-refractivity contribution >= 4 is 27.2 Å². The van der Waals surface area contributed by atoms with Crippen LogP contribution in [0.15, 0.2) is 18.2 Å². The van der Waals surface area contributed by atoms with Gasteiger partial charge < -0.3 is 4.90 Å². The zero-order chi connectivity index (χ0) is 10.8. The van der Waals surface area contributed by atoms with Gasteiger partial charge in [0.2, 0.25) is 0 Å². The first-order valence-corrected chi connectivity index (χ1v) is 6.18. The Morgan fingerprint density at radius 1 is 1.27 bits per heavy atom. The monoisotopic (exact) mass is 220 g/mol. The number of hydrogen-bond donors (Lipinski definition) is 0. The minimum absolute atomic E-state index is 1.06. The lowest BCUT2D eigenvalue weighted by atomic mass is 10.2. The van der Waals surface area contributed by atoms with E-state index in [2.05, 4.69) is 48.9 Å². The fraction of sp³-hybridized carbons (Fsp3) is 0.417. The van der Waals surface area contributed by atoms with Gasteiger partial charge in [0.15, 0.2) is 0 Å². The lowest BCUT2D eigenvalue weighted by molar-refractivity contribution is 0.867. The van der Waals surface area contributed by atoms with Gasteiger partial charge in [0.05, 0.1) is 15.2 Å². The first-order chi connectivity index (χ1) is 7.24. The van der Waals surface area contributed by atoms with Crippen molar-refractivity contribution in [3.63, 3.8) is 0 Å². The highest BCUT2D eigenvalue weighted by Crippen LogP contribution is 2.26. The summed E-state index contributed by atoms with van der Waals surface area (Å²) in [4.78, 5) is 6.82. The zero-order valence-corrected chi connectivity index (χ0v) is 10.3. The molecule has 0 unspecified atom stereocenters. The van der Waals surface area contributed by atoms with Crippen LogP contribution < -0.4 is 4.90 Å². The van der Waals surface area contributed by atoms with Gasteiger partial charge in [-0.25, -0.2) is 4.98 Å². The minimum Gasteiger partial charge on any atom is -0.372 e. The maximum absolute atomic E-state index is 4.47. The van der Waals surface area contributed by atoms with Crippen molar-refractivity contribution < 1.29 is 0 Å². The van der Waals surface area contributed by atoms with Gasteiger partial charge in [-0.1, -0.05) is 0 Å². The molecular weight excluding hydrogens is 204 g/mol. The molecule has 0 aliphatic rings. The predicted molar refractivity (Wildman–Crippen MR) is 67.9 cm³/mol. The minimum atomic E-state index is 1.06. The Morgan fingerprint density at radius 2 is 2.00 bits per heavy atom. The molecule has 0 aliphatic carbocycles. The van der Waals surface area contributed by atoms with Crippen LogP contribution in [0.25, 0.3) is 10.2 Å². The van der Waals surface area contributed by atoms with E-state index in [4.69, 9.17) is 0 Å². The van der Waals surface area contributed by atoms with Gasteiger partial charge in [-0.2, -0.15) is 0 Å². The Morgan fingerprint density at radius 3 is 2.67 bits per heavy atom. The number of rotatable bonds is 3. The van der Waals surface area contributed by atoms with Gasteiger partial charge in [0.1, 0.15) is 0 Å². The zero-order valence-electron chi connectivity index (χ0n) is 9.45. The van der Waals surface area contributed by atoms with Crippen LogP contribution in [0.1, 0.15) is 18.9 Å². The van der Waals surface area contributed by atoms with E-state index < -0.39 is 0 Å². The molecule has 0 bridgehead atoms. The summed E-state index contributed by atoms with van der Waals surface area (Å²) in [5.41, 5.74) is 2.42. The third-order valence-corrected chi connectivity index (χ3v) is 3.54. The van der Waals surface area contributed by atoms with Crippen molar-refractivity contribution in [3.05, 3.63) is 23.2 Å². The lowest BCUT2D eigenvalue weighted by Gasteiger charge is -2.20. The molecule has 0 fully saturated rings. The van der Waals surface area contributed by atoms with Crippen LogP contribution in [-0.2, 0) is 0 Å². The van der Waals surface area contributed by atoms with E-state index in [1.165, 1.54) is 10.4 Å². The highest BCUT2D eigenvalue weighted by atomic mass is 32.1. The first-order valence-electron chi connectivity index (χ1n) is 5.36. The van der Waals surface area contributed by atoms with Crippen molar-refractivity contribution in [2.24, 2.45) is 0 Å². The summed E-state index contributed by atoms with van der Waals surface area (Å²) in [7, 11) is 0. The molecule has 0 saturated carbocycles. The molecule has 15 heavy (non-hydrogen) atoms. The number of thiazole rings is 1. The topological polar surface area (TPSA) is 16.1 Å². The van der Waals surface area contributed by atoms with Crippen LogP contribution in [0.2, 0.25) is 0 Å². The molecular formula is C12H16N2S. The number of benzene rings is 1. The standard InChI is InChI=1S/C12H16N2S/c1-4-14(5-2)10-6-7-11-12(8-10)15-9(3)13-11/h6-8H,4-5H2,1-3H3. The van der Waals surface area contributed by atoms with E-state index in [9.17, 15) is 0 Å². The van der Waals surface area contributed by atoms with Crippen LogP contribution in [0.3, 0.4) is 0 Å². The molecule has 0 radical (unpaired) electrons. The van der Waals surface area contributed by atoms with Crippen LogP contribution >= 0.6 is 11.3 Å². The van der Waals surface area contributed by atoms with Gasteiger partial charge in [-0.3, -0.25) is 0 Å². The summed E-state index contributed by atoms with van der Waals surface area (Å²) < 4.78 is 1.29. The third-order valence-electron chi connectivity index (χ3n) is 2.61. The summed E-state index contributed by atoms with van der Waals surface area (Å²) >= 11 is 1.77.